The third-order valence-corrected chi connectivity index (χ3v) is 3.34. The molecule has 17 heavy (non-hydrogen) atoms. The average Bonchev–Trinajstić information content (AvgIpc) is 2.38. The molecule has 0 aromatic rings. The van der Waals surface area contributed by atoms with E-state index >= 15 is 0 Å². The normalized spacial score (nSPS) is 18.9. The molecule has 4 N–H and O–H groups in total. The topological polar surface area (TPSA) is 70.6 Å². The van der Waals surface area contributed by atoms with Gasteiger partial charge in [-0.05, 0) is 45.1 Å². The van der Waals surface area contributed by atoms with Gasteiger partial charge in [-0.25, -0.2) is 0 Å². The Morgan fingerprint density at radius 2 is 2.41 bits per heavy atom. The van der Waals surface area contributed by atoms with Gasteiger partial charge in [0.05, 0.1) is 0 Å². The zero-order valence-corrected chi connectivity index (χ0v) is 10.8. The van der Waals surface area contributed by atoms with Crippen LogP contribution in [0.3, 0.4) is 0 Å². The first-order valence-corrected chi connectivity index (χ1v) is 6.64. The molecule has 4 nitrogen and oxygen atoms in total. The van der Waals surface area contributed by atoms with Crippen LogP contribution in [0.25, 0.3) is 0 Å². The SMILES string of the molecule is CCC(CC(N)=NO)NCCC1=CCCCC1. The second-order valence-corrected chi connectivity index (χ2v) is 4.71. The first-order chi connectivity index (χ1) is 8.26. The van der Waals surface area contributed by atoms with Gasteiger partial charge in [-0.3, -0.25) is 0 Å². The minimum atomic E-state index is 0.307. The van der Waals surface area contributed by atoms with E-state index in [-0.39, 0.29) is 0 Å². The van der Waals surface area contributed by atoms with Crippen molar-refractivity contribution in [3.05, 3.63) is 11.6 Å². The summed E-state index contributed by atoms with van der Waals surface area (Å²) in [4.78, 5) is 0. The highest BCUT2D eigenvalue weighted by Gasteiger charge is 2.09. The van der Waals surface area contributed by atoms with Crippen molar-refractivity contribution >= 4 is 5.84 Å². The molecule has 0 saturated heterocycles. The lowest BCUT2D eigenvalue weighted by molar-refractivity contribution is 0.315. The van der Waals surface area contributed by atoms with Crippen LogP contribution in [0.4, 0.5) is 0 Å². The van der Waals surface area contributed by atoms with Crippen molar-refractivity contribution in [1.29, 1.82) is 0 Å². The number of nitrogens with two attached hydrogens (primary N) is 1. The van der Waals surface area contributed by atoms with Crippen molar-refractivity contribution in [2.75, 3.05) is 6.54 Å². The van der Waals surface area contributed by atoms with Gasteiger partial charge in [0.15, 0.2) is 0 Å². The number of nitrogens with zero attached hydrogens (tertiary/aromatic N) is 1. The molecule has 1 unspecified atom stereocenters. The van der Waals surface area contributed by atoms with Crippen LogP contribution in [0, 0.1) is 0 Å². The Kier molecular flexibility index (Phi) is 6.70. The third kappa shape index (κ3) is 5.73. The Morgan fingerprint density at radius 1 is 1.59 bits per heavy atom. The van der Waals surface area contributed by atoms with E-state index in [1.165, 1.54) is 25.7 Å². The molecule has 0 spiro atoms. The standard InChI is InChI=1S/C13H25N3O/c1-2-12(10-13(14)16-17)15-9-8-11-6-4-3-5-7-11/h6,12,15,17H,2-5,7-10H2,1H3,(H2,14,16). The summed E-state index contributed by atoms with van der Waals surface area (Å²) in [5.74, 6) is 0.307. The van der Waals surface area contributed by atoms with Gasteiger partial charge >= 0.3 is 0 Å². The van der Waals surface area contributed by atoms with Gasteiger partial charge in [-0.2, -0.15) is 0 Å². The Bertz CT molecular complexity index is 274. The zero-order valence-electron chi connectivity index (χ0n) is 10.8. The number of hydrogen-bond donors (Lipinski definition) is 3. The number of nitrogens with one attached hydrogen (secondary N) is 1. The highest BCUT2D eigenvalue weighted by molar-refractivity contribution is 5.80. The van der Waals surface area contributed by atoms with Gasteiger partial charge in [-0.1, -0.05) is 23.7 Å². The van der Waals surface area contributed by atoms with Gasteiger partial charge in [0.1, 0.15) is 5.84 Å². The molecule has 0 fully saturated rings. The highest BCUT2D eigenvalue weighted by atomic mass is 16.4. The Hall–Kier alpha value is -1.03. The second-order valence-electron chi connectivity index (χ2n) is 4.71. The molecule has 0 saturated carbocycles. The molecule has 4 heteroatoms. The summed E-state index contributed by atoms with van der Waals surface area (Å²) < 4.78 is 0. The molecular formula is C13H25N3O. The van der Waals surface area contributed by atoms with Crippen LogP contribution in [0.5, 0.6) is 0 Å². The van der Waals surface area contributed by atoms with Gasteiger partial charge in [0.2, 0.25) is 0 Å². The van der Waals surface area contributed by atoms with Crippen molar-refractivity contribution in [3.63, 3.8) is 0 Å². The van der Waals surface area contributed by atoms with Gasteiger partial charge in [0.25, 0.3) is 0 Å². The first kappa shape index (κ1) is 14.0. The van der Waals surface area contributed by atoms with E-state index in [0.717, 1.165) is 19.4 Å². The van der Waals surface area contributed by atoms with Gasteiger partial charge in [-0.15, -0.1) is 0 Å². The van der Waals surface area contributed by atoms with Crippen LogP contribution in [0.15, 0.2) is 16.8 Å². The minimum absolute atomic E-state index is 0.307. The molecule has 0 radical (unpaired) electrons. The Balaban J connectivity index is 2.21. The van der Waals surface area contributed by atoms with Crippen molar-refractivity contribution in [1.82, 2.24) is 5.32 Å². The van der Waals surface area contributed by atoms with Crippen LogP contribution in [-0.2, 0) is 0 Å². The zero-order chi connectivity index (χ0) is 12.5. The molecule has 1 rings (SSSR count). The monoisotopic (exact) mass is 239 g/mol. The molecule has 1 aliphatic rings. The van der Waals surface area contributed by atoms with Gasteiger partial charge < -0.3 is 16.3 Å². The highest BCUT2D eigenvalue weighted by Crippen LogP contribution is 2.19. The quantitative estimate of drug-likeness (QED) is 0.210. The summed E-state index contributed by atoms with van der Waals surface area (Å²) in [5.41, 5.74) is 7.10. The molecule has 1 atom stereocenters. The molecule has 0 amide bonds. The summed E-state index contributed by atoms with van der Waals surface area (Å²) in [6.07, 6.45) is 10.3. The summed E-state index contributed by atoms with van der Waals surface area (Å²) >= 11 is 0. The first-order valence-electron chi connectivity index (χ1n) is 6.64. The van der Waals surface area contributed by atoms with E-state index in [4.69, 9.17) is 10.9 Å². The van der Waals surface area contributed by atoms with E-state index in [1.54, 1.807) is 5.57 Å². The van der Waals surface area contributed by atoms with Crippen LogP contribution < -0.4 is 11.1 Å². The van der Waals surface area contributed by atoms with E-state index in [0.29, 0.717) is 18.3 Å². The molecule has 0 aromatic carbocycles. The molecule has 0 aromatic heterocycles. The smallest absolute Gasteiger partial charge is 0.140 e. The number of allylic oxidation sites excluding steroid dienone is 1. The largest absolute Gasteiger partial charge is 0.409 e. The third-order valence-electron chi connectivity index (χ3n) is 3.34. The maximum Gasteiger partial charge on any atom is 0.140 e. The van der Waals surface area contributed by atoms with Crippen LogP contribution in [0.1, 0.15) is 51.9 Å². The Morgan fingerprint density at radius 3 is 3.00 bits per heavy atom. The number of amidine groups is 1. The maximum atomic E-state index is 8.53. The predicted molar refractivity (Wildman–Crippen MR) is 71.3 cm³/mol. The molecule has 1 aliphatic carbocycles. The summed E-state index contributed by atoms with van der Waals surface area (Å²) in [6.45, 7) is 3.10. The lowest BCUT2D eigenvalue weighted by Gasteiger charge is -2.18. The van der Waals surface area contributed by atoms with Crippen molar-refractivity contribution in [3.8, 4) is 0 Å². The lowest BCUT2D eigenvalue weighted by atomic mass is 9.97. The fourth-order valence-electron chi connectivity index (χ4n) is 2.22. The Labute approximate surface area is 104 Å². The fourth-order valence-corrected chi connectivity index (χ4v) is 2.22. The predicted octanol–water partition coefficient (Wildman–Crippen LogP) is 2.38. The molecule has 98 valence electrons. The molecular weight excluding hydrogens is 214 g/mol. The summed E-state index contributed by atoms with van der Waals surface area (Å²) in [6, 6.07) is 0.315. The van der Waals surface area contributed by atoms with Crippen molar-refractivity contribution in [2.24, 2.45) is 10.9 Å². The van der Waals surface area contributed by atoms with Crippen LogP contribution >= 0.6 is 0 Å². The number of oxime groups is 1. The van der Waals surface area contributed by atoms with E-state index in [9.17, 15) is 0 Å². The average molecular weight is 239 g/mol. The second kappa shape index (κ2) is 8.12. The fraction of sp³-hybridized carbons (Fsp3) is 0.769. The number of hydrogen-bond acceptors (Lipinski definition) is 3. The van der Waals surface area contributed by atoms with Crippen molar-refractivity contribution in [2.45, 2.75) is 57.9 Å². The van der Waals surface area contributed by atoms with E-state index < -0.39 is 0 Å². The van der Waals surface area contributed by atoms with E-state index in [2.05, 4.69) is 23.5 Å². The lowest BCUT2D eigenvalue weighted by Crippen LogP contribution is -2.34. The molecule has 0 heterocycles. The summed E-state index contributed by atoms with van der Waals surface area (Å²) in [7, 11) is 0. The maximum absolute atomic E-state index is 8.53. The summed E-state index contributed by atoms with van der Waals surface area (Å²) in [5, 5.41) is 15.0. The molecule has 0 aliphatic heterocycles. The minimum Gasteiger partial charge on any atom is -0.409 e. The van der Waals surface area contributed by atoms with Crippen molar-refractivity contribution < 1.29 is 5.21 Å². The van der Waals surface area contributed by atoms with E-state index in [1.807, 2.05) is 0 Å². The van der Waals surface area contributed by atoms with Crippen LogP contribution in [0.2, 0.25) is 0 Å². The van der Waals surface area contributed by atoms with Crippen LogP contribution in [-0.4, -0.2) is 23.6 Å². The molecule has 0 bridgehead atoms. The number of rotatable bonds is 7. The van der Waals surface area contributed by atoms with Gasteiger partial charge in [0, 0.05) is 12.5 Å².